The first kappa shape index (κ1) is 21.0. The third-order valence-electron chi connectivity index (χ3n) is 7.14. The van der Waals surface area contributed by atoms with Crippen LogP contribution in [0.25, 0.3) is 21.8 Å². The van der Waals surface area contributed by atoms with E-state index in [4.69, 9.17) is 10.1 Å². The molecule has 0 spiro atoms. The number of carbonyl (C=O) groups excluding carboxylic acids is 1. The summed E-state index contributed by atoms with van der Waals surface area (Å²) in [4.78, 5) is 24.9. The molecule has 2 aliphatic carbocycles. The van der Waals surface area contributed by atoms with Crippen molar-refractivity contribution in [3.8, 4) is 21.8 Å². The van der Waals surface area contributed by atoms with Crippen LogP contribution in [0.5, 0.6) is 0 Å². The second-order valence-electron chi connectivity index (χ2n) is 9.64. The number of carbonyl (C=O) groups is 1. The molecule has 0 radical (unpaired) electrons. The zero-order valence-electron chi connectivity index (χ0n) is 19.3. The highest BCUT2D eigenvalue weighted by Gasteiger charge is 2.35. The van der Waals surface area contributed by atoms with E-state index >= 15 is 0 Å². The van der Waals surface area contributed by atoms with Crippen LogP contribution in [0.1, 0.15) is 62.0 Å². The van der Waals surface area contributed by atoms with Gasteiger partial charge in [0, 0.05) is 49.1 Å². The number of anilines is 1. The highest BCUT2D eigenvalue weighted by atomic mass is 32.1. The number of nitrogens with one attached hydrogen (secondary N) is 1. The number of nitrogens with zero attached hydrogens (tertiary/aromatic N) is 5. The van der Waals surface area contributed by atoms with Gasteiger partial charge in [0.2, 0.25) is 5.91 Å². The number of aryl methyl sites for hydroxylation is 2. The van der Waals surface area contributed by atoms with Crippen molar-refractivity contribution in [1.82, 2.24) is 24.6 Å². The van der Waals surface area contributed by atoms with E-state index in [1.807, 2.05) is 13.1 Å². The third-order valence-corrected chi connectivity index (χ3v) is 8.16. The van der Waals surface area contributed by atoms with E-state index in [9.17, 15) is 4.79 Å². The van der Waals surface area contributed by atoms with E-state index in [1.54, 1.807) is 18.3 Å². The normalized spacial score (nSPS) is 19.1. The molecule has 3 aromatic heterocycles. The maximum Gasteiger partial charge on any atom is 0.223 e. The van der Waals surface area contributed by atoms with Gasteiger partial charge >= 0.3 is 0 Å². The van der Waals surface area contributed by atoms with Crippen LogP contribution < -0.4 is 5.32 Å². The Morgan fingerprint density at radius 1 is 1.12 bits per heavy atom. The molecular weight excluding hydrogens is 432 g/mol. The zero-order chi connectivity index (χ0) is 22.5. The standard InChI is InChI=1S/C25H30N6OS/c1-15-6-7-17(14-26-15)22-20-4-3-5-21-24(33-25(28-21)27-16(2)32)23(20)31(29-22)19-10-12-30(13-11-19)18-8-9-18/h6-7,14,18-19H,3-5,8-13H2,1-2H3,(H,27,28,32). The number of fused-ring (bicyclic) bond motifs is 3. The predicted molar refractivity (Wildman–Crippen MR) is 130 cm³/mol. The lowest BCUT2D eigenvalue weighted by atomic mass is 10.0. The Morgan fingerprint density at radius 2 is 1.94 bits per heavy atom. The largest absolute Gasteiger partial charge is 0.302 e. The van der Waals surface area contributed by atoms with Gasteiger partial charge in [-0.15, -0.1) is 0 Å². The highest BCUT2D eigenvalue weighted by Crippen LogP contribution is 2.44. The molecule has 3 aromatic rings. The van der Waals surface area contributed by atoms with Crippen molar-refractivity contribution in [3.63, 3.8) is 0 Å². The molecule has 7 nitrogen and oxygen atoms in total. The summed E-state index contributed by atoms with van der Waals surface area (Å²) in [5, 5.41) is 8.86. The molecule has 1 saturated carbocycles. The first-order valence-corrected chi connectivity index (χ1v) is 12.9. The minimum absolute atomic E-state index is 0.0773. The van der Waals surface area contributed by atoms with Crippen molar-refractivity contribution < 1.29 is 4.79 Å². The van der Waals surface area contributed by atoms with Crippen LogP contribution in [0.4, 0.5) is 5.13 Å². The Morgan fingerprint density at radius 3 is 2.64 bits per heavy atom. The molecule has 1 N–H and O–H groups in total. The van der Waals surface area contributed by atoms with E-state index in [-0.39, 0.29) is 5.91 Å². The van der Waals surface area contributed by atoms with Crippen molar-refractivity contribution in [2.45, 2.75) is 70.9 Å². The van der Waals surface area contributed by atoms with Gasteiger partial charge in [0.1, 0.15) is 0 Å². The Balaban J connectivity index is 1.45. The van der Waals surface area contributed by atoms with Gasteiger partial charge in [-0.05, 0) is 64.0 Å². The average molecular weight is 463 g/mol. The Labute approximate surface area is 198 Å². The monoisotopic (exact) mass is 462 g/mol. The zero-order valence-corrected chi connectivity index (χ0v) is 20.1. The Hall–Kier alpha value is -2.58. The fourth-order valence-electron chi connectivity index (χ4n) is 5.33. The number of pyridine rings is 1. The fourth-order valence-corrected chi connectivity index (χ4v) is 6.45. The molecule has 33 heavy (non-hydrogen) atoms. The summed E-state index contributed by atoms with van der Waals surface area (Å²) in [5.74, 6) is -0.0773. The first-order valence-electron chi connectivity index (χ1n) is 12.1. The summed E-state index contributed by atoms with van der Waals surface area (Å²) < 4.78 is 2.31. The van der Waals surface area contributed by atoms with Gasteiger partial charge in [-0.3, -0.25) is 14.5 Å². The number of amides is 1. The SMILES string of the molecule is CC(=O)Nc1nc2c(s1)-c1c(c(-c3ccc(C)nc3)nn1C1CCN(C3CC3)CC1)CCC2. The molecule has 3 aliphatic rings. The number of likely N-dealkylation sites (tertiary alicyclic amines) is 1. The van der Waals surface area contributed by atoms with Crippen LogP contribution in [0, 0.1) is 6.92 Å². The Kier molecular flexibility index (Phi) is 5.30. The number of hydrogen-bond donors (Lipinski definition) is 1. The molecule has 0 unspecified atom stereocenters. The smallest absolute Gasteiger partial charge is 0.223 e. The molecule has 0 bridgehead atoms. The molecule has 4 heterocycles. The predicted octanol–water partition coefficient (Wildman–Crippen LogP) is 4.62. The second kappa shape index (κ2) is 8.33. The van der Waals surface area contributed by atoms with E-state index in [0.29, 0.717) is 11.2 Å². The lowest BCUT2D eigenvalue weighted by Crippen LogP contribution is -2.36. The first-order chi connectivity index (χ1) is 16.1. The van der Waals surface area contributed by atoms with Gasteiger partial charge in [0.25, 0.3) is 0 Å². The van der Waals surface area contributed by atoms with Crippen molar-refractivity contribution in [2.24, 2.45) is 0 Å². The maximum atomic E-state index is 11.7. The molecule has 0 aromatic carbocycles. The van der Waals surface area contributed by atoms with Crippen LogP contribution in [-0.4, -0.2) is 49.7 Å². The van der Waals surface area contributed by atoms with Gasteiger partial charge in [-0.1, -0.05) is 11.3 Å². The minimum atomic E-state index is -0.0773. The average Bonchev–Trinajstić information content (AvgIpc) is 3.52. The molecule has 6 rings (SSSR count). The van der Waals surface area contributed by atoms with Crippen LogP contribution in [-0.2, 0) is 17.6 Å². The molecule has 1 saturated heterocycles. The number of thiazole rings is 1. The lowest BCUT2D eigenvalue weighted by Gasteiger charge is -2.32. The van der Waals surface area contributed by atoms with Gasteiger partial charge < -0.3 is 10.2 Å². The molecule has 1 aliphatic heterocycles. The summed E-state index contributed by atoms with van der Waals surface area (Å²) in [5.41, 5.74) is 6.78. The summed E-state index contributed by atoms with van der Waals surface area (Å²) in [6.45, 7) is 5.86. The number of aromatic nitrogens is 4. The van der Waals surface area contributed by atoms with Crippen molar-refractivity contribution in [2.75, 3.05) is 18.4 Å². The van der Waals surface area contributed by atoms with Gasteiger partial charge in [-0.25, -0.2) is 4.98 Å². The molecule has 1 amide bonds. The molecule has 2 fully saturated rings. The fraction of sp³-hybridized carbons (Fsp3) is 0.520. The van der Waals surface area contributed by atoms with Gasteiger partial charge in [0.05, 0.1) is 28.0 Å². The maximum absolute atomic E-state index is 11.7. The summed E-state index contributed by atoms with van der Waals surface area (Å²) in [6, 6.07) is 5.42. The van der Waals surface area contributed by atoms with E-state index in [1.165, 1.54) is 29.0 Å². The summed E-state index contributed by atoms with van der Waals surface area (Å²) in [6.07, 6.45) is 9.88. The van der Waals surface area contributed by atoms with Gasteiger partial charge in [0.15, 0.2) is 5.13 Å². The molecule has 172 valence electrons. The van der Waals surface area contributed by atoms with E-state index in [2.05, 4.69) is 32.0 Å². The Bertz CT molecular complexity index is 1180. The highest BCUT2D eigenvalue weighted by molar-refractivity contribution is 7.19. The quantitative estimate of drug-likeness (QED) is 0.612. The number of hydrogen-bond acceptors (Lipinski definition) is 6. The van der Waals surface area contributed by atoms with E-state index < -0.39 is 0 Å². The van der Waals surface area contributed by atoms with Crippen molar-refractivity contribution >= 4 is 22.4 Å². The van der Waals surface area contributed by atoms with Crippen LogP contribution in [0.2, 0.25) is 0 Å². The van der Waals surface area contributed by atoms with Crippen LogP contribution >= 0.6 is 11.3 Å². The number of piperidine rings is 1. The summed E-state index contributed by atoms with van der Waals surface area (Å²) in [7, 11) is 0. The lowest BCUT2D eigenvalue weighted by molar-refractivity contribution is -0.114. The minimum Gasteiger partial charge on any atom is -0.302 e. The van der Waals surface area contributed by atoms with Gasteiger partial charge in [-0.2, -0.15) is 5.10 Å². The second-order valence-corrected chi connectivity index (χ2v) is 10.6. The molecule has 0 atom stereocenters. The molecular formula is C25H30N6OS. The topological polar surface area (TPSA) is 75.9 Å². The van der Waals surface area contributed by atoms with Crippen LogP contribution in [0.3, 0.4) is 0 Å². The van der Waals surface area contributed by atoms with Crippen LogP contribution in [0.15, 0.2) is 18.3 Å². The van der Waals surface area contributed by atoms with Crippen molar-refractivity contribution in [1.29, 1.82) is 0 Å². The van der Waals surface area contributed by atoms with Crippen molar-refractivity contribution in [3.05, 3.63) is 35.3 Å². The third kappa shape index (κ3) is 3.99. The van der Waals surface area contributed by atoms with E-state index in [0.717, 1.165) is 73.9 Å². The number of rotatable bonds is 4. The summed E-state index contributed by atoms with van der Waals surface area (Å²) >= 11 is 1.59. The molecule has 8 heteroatoms.